The van der Waals surface area contributed by atoms with Crippen LogP contribution in [-0.4, -0.2) is 24.4 Å². The first-order chi connectivity index (χ1) is 12.1. The molecule has 0 saturated heterocycles. The van der Waals surface area contributed by atoms with Crippen LogP contribution in [0.5, 0.6) is 11.5 Å². The topological polar surface area (TPSA) is 56.3 Å². The SMILES string of the molecule is COc1ccc(-c2ccc(Nc3ccc(F)c(Cl)c3)nn2)cc1OC. The molecule has 0 atom stereocenters. The largest absolute Gasteiger partial charge is 0.493 e. The molecule has 128 valence electrons. The Morgan fingerprint density at radius 1 is 0.920 bits per heavy atom. The average molecular weight is 360 g/mol. The summed E-state index contributed by atoms with van der Waals surface area (Å²) >= 11 is 5.77. The Morgan fingerprint density at radius 3 is 2.36 bits per heavy atom. The van der Waals surface area contributed by atoms with Crippen molar-refractivity contribution in [3.63, 3.8) is 0 Å². The summed E-state index contributed by atoms with van der Waals surface area (Å²) in [4.78, 5) is 0. The summed E-state index contributed by atoms with van der Waals surface area (Å²) in [5.74, 6) is 1.31. The van der Waals surface area contributed by atoms with Crippen LogP contribution in [0.4, 0.5) is 15.9 Å². The second-order valence-electron chi connectivity index (χ2n) is 5.13. The summed E-state index contributed by atoms with van der Waals surface area (Å²) in [7, 11) is 3.16. The molecular weight excluding hydrogens is 345 g/mol. The Hall–Kier alpha value is -2.86. The van der Waals surface area contributed by atoms with Gasteiger partial charge in [0.15, 0.2) is 17.3 Å². The first-order valence-corrected chi connectivity index (χ1v) is 7.76. The van der Waals surface area contributed by atoms with E-state index in [1.807, 2.05) is 24.3 Å². The van der Waals surface area contributed by atoms with Crippen molar-refractivity contribution in [2.45, 2.75) is 0 Å². The van der Waals surface area contributed by atoms with E-state index in [9.17, 15) is 4.39 Å². The van der Waals surface area contributed by atoms with Crippen molar-refractivity contribution in [2.75, 3.05) is 19.5 Å². The predicted octanol–water partition coefficient (Wildman–Crippen LogP) is 4.70. The maximum absolute atomic E-state index is 13.2. The van der Waals surface area contributed by atoms with Gasteiger partial charge in [-0.25, -0.2) is 4.39 Å². The quantitative estimate of drug-likeness (QED) is 0.715. The number of nitrogens with zero attached hydrogens (tertiary/aromatic N) is 2. The lowest BCUT2D eigenvalue weighted by Crippen LogP contribution is -1.97. The van der Waals surface area contributed by atoms with Crippen LogP contribution in [0.1, 0.15) is 0 Å². The Bertz CT molecular complexity index is 888. The molecule has 1 heterocycles. The van der Waals surface area contributed by atoms with Crippen LogP contribution in [0.25, 0.3) is 11.3 Å². The number of anilines is 2. The van der Waals surface area contributed by atoms with Gasteiger partial charge in [-0.2, -0.15) is 0 Å². The highest BCUT2D eigenvalue weighted by atomic mass is 35.5. The lowest BCUT2D eigenvalue weighted by Gasteiger charge is -2.10. The predicted molar refractivity (Wildman–Crippen MR) is 95.3 cm³/mol. The summed E-state index contributed by atoms with van der Waals surface area (Å²) < 4.78 is 23.7. The van der Waals surface area contributed by atoms with Gasteiger partial charge in [-0.1, -0.05) is 11.6 Å². The summed E-state index contributed by atoms with van der Waals surface area (Å²) in [6.45, 7) is 0. The van der Waals surface area contributed by atoms with Gasteiger partial charge in [0.05, 0.1) is 24.9 Å². The molecule has 0 bridgehead atoms. The Morgan fingerprint density at radius 2 is 1.72 bits per heavy atom. The van der Waals surface area contributed by atoms with Gasteiger partial charge in [0, 0.05) is 11.3 Å². The zero-order valence-corrected chi connectivity index (χ0v) is 14.3. The highest BCUT2D eigenvalue weighted by Crippen LogP contribution is 2.31. The van der Waals surface area contributed by atoms with Gasteiger partial charge in [0.25, 0.3) is 0 Å². The lowest BCUT2D eigenvalue weighted by molar-refractivity contribution is 0.355. The molecule has 25 heavy (non-hydrogen) atoms. The number of methoxy groups -OCH3 is 2. The van der Waals surface area contributed by atoms with E-state index in [0.717, 1.165) is 5.56 Å². The molecule has 1 aromatic heterocycles. The number of nitrogens with one attached hydrogen (secondary N) is 1. The number of ether oxygens (including phenoxy) is 2. The minimum Gasteiger partial charge on any atom is -0.493 e. The van der Waals surface area contributed by atoms with Crippen LogP contribution in [0, 0.1) is 5.82 Å². The van der Waals surface area contributed by atoms with E-state index in [-0.39, 0.29) is 5.02 Å². The standard InChI is InChI=1S/C18H15ClFN3O2/c1-24-16-7-3-11(9-17(16)25-2)15-6-8-18(23-22-15)21-12-4-5-14(20)13(19)10-12/h3-10H,1-2H3,(H,21,23). The fraction of sp³-hybridized carbons (Fsp3) is 0.111. The van der Waals surface area contributed by atoms with Gasteiger partial charge in [0.1, 0.15) is 5.82 Å². The molecule has 0 fully saturated rings. The fourth-order valence-electron chi connectivity index (χ4n) is 2.27. The molecular formula is C18H15ClFN3O2. The van der Waals surface area contributed by atoms with Crippen LogP contribution in [0.3, 0.4) is 0 Å². The van der Waals surface area contributed by atoms with Crippen molar-refractivity contribution in [3.05, 3.63) is 59.4 Å². The third-order valence-electron chi connectivity index (χ3n) is 3.54. The zero-order chi connectivity index (χ0) is 17.8. The van der Waals surface area contributed by atoms with E-state index in [4.69, 9.17) is 21.1 Å². The van der Waals surface area contributed by atoms with Gasteiger partial charge in [-0.05, 0) is 48.5 Å². The third kappa shape index (κ3) is 3.80. The van der Waals surface area contributed by atoms with Gasteiger partial charge >= 0.3 is 0 Å². The molecule has 0 unspecified atom stereocenters. The Balaban J connectivity index is 1.81. The molecule has 0 aliphatic rings. The average Bonchev–Trinajstić information content (AvgIpc) is 2.65. The fourth-order valence-corrected chi connectivity index (χ4v) is 2.45. The molecule has 0 spiro atoms. The van der Waals surface area contributed by atoms with Crippen molar-refractivity contribution in [3.8, 4) is 22.8 Å². The number of halogens is 2. The van der Waals surface area contributed by atoms with Crippen LogP contribution < -0.4 is 14.8 Å². The van der Waals surface area contributed by atoms with E-state index in [0.29, 0.717) is 28.7 Å². The monoisotopic (exact) mass is 359 g/mol. The van der Waals surface area contributed by atoms with Crippen LogP contribution in [0.15, 0.2) is 48.5 Å². The van der Waals surface area contributed by atoms with Gasteiger partial charge < -0.3 is 14.8 Å². The van der Waals surface area contributed by atoms with E-state index in [1.54, 1.807) is 26.4 Å². The molecule has 1 N–H and O–H groups in total. The van der Waals surface area contributed by atoms with Crippen molar-refractivity contribution in [1.29, 1.82) is 0 Å². The second kappa shape index (κ2) is 7.36. The molecule has 7 heteroatoms. The van der Waals surface area contributed by atoms with E-state index >= 15 is 0 Å². The first-order valence-electron chi connectivity index (χ1n) is 7.39. The second-order valence-corrected chi connectivity index (χ2v) is 5.53. The lowest BCUT2D eigenvalue weighted by atomic mass is 10.1. The van der Waals surface area contributed by atoms with Gasteiger partial charge in [-0.15, -0.1) is 10.2 Å². The molecule has 0 amide bonds. The Kier molecular flexibility index (Phi) is 5.00. The van der Waals surface area contributed by atoms with Crippen LogP contribution >= 0.6 is 11.6 Å². The van der Waals surface area contributed by atoms with Gasteiger partial charge in [-0.3, -0.25) is 0 Å². The molecule has 5 nitrogen and oxygen atoms in total. The molecule has 3 aromatic rings. The molecule has 0 radical (unpaired) electrons. The summed E-state index contributed by atoms with van der Waals surface area (Å²) in [5.41, 5.74) is 2.16. The maximum atomic E-state index is 13.2. The normalized spacial score (nSPS) is 10.4. The summed E-state index contributed by atoms with van der Waals surface area (Å²) in [6, 6.07) is 13.5. The molecule has 0 saturated carbocycles. The smallest absolute Gasteiger partial charge is 0.161 e. The molecule has 0 aliphatic heterocycles. The minimum absolute atomic E-state index is 0.0416. The van der Waals surface area contributed by atoms with Gasteiger partial charge in [0.2, 0.25) is 0 Å². The number of rotatable bonds is 5. The summed E-state index contributed by atoms with van der Waals surface area (Å²) in [6.07, 6.45) is 0. The molecule has 0 aliphatic carbocycles. The number of aromatic nitrogens is 2. The molecule has 3 rings (SSSR count). The summed E-state index contributed by atoms with van der Waals surface area (Å²) in [5, 5.41) is 11.4. The van der Waals surface area contributed by atoms with E-state index in [2.05, 4.69) is 15.5 Å². The first kappa shape index (κ1) is 17.0. The van der Waals surface area contributed by atoms with E-state index in [1.165, 1.54) is 12.1 Å². The van der Waals surface area contributed by atoms with Crippen molar-refractivity contribution >= 4 is 23.1 Å². The minimum atomic E-state index is -0.470. The van der Waals surface area contributed by atoms with E-state index < -0.39 is 5.82 Å². The van der Waals surface area contributed by atoms with Crippen LogP contribution in [-0.2, 0) is 0 Å². The van der Waals surface area contributed by atoms with Crippen molar-refractivity contribution < 1.29 is 13.9 Å². The highest BCUT2D eigenvalue weighted by Gasteiger charge is 2.08. The third-order valence-corrected chi connectivity index (χ3v) is 3.83. The van der Waals surface area contributed by atoms with Crippen molar-refractivity contribution in [1.82, 2.24) is 10.2 Å². The Labute approximate surface area is 149 Å². The maximum Gasteiger partial charge on any atom is 0.161 e. The molecule has 2 aromatic carbocycles. The van der Waals surface area contributed by atoms with Crippen molar-refractivity contribution in [2.24, 2.45) is 0 Å². The number of benzene rings is 2. The zero-order valence-electron chi connectivity index (χ0n) is 13.6. The number of hydrogen-bond acceptors (Lipinski definition) is 5. The highest BCUT2D eigenvalue weighted by molar-refractivity contribution is 6.31. The number of hydrogen-bond donors (Lipinski definition) is 1. The van der Waals surface area contributed by atoms with Crippen LogP contribution in [0.2, 0.25) is 5.02 Å².